The molecule has 1 saturated carbocycles. The number of anilines is 1. The van der Waals surface area contributed by atoms with E-state index in [1.165, 1.54) is 6.07 Å². The summed E-state index contributed by atoms with van der Waals surface area (Å²) in [7, 11) is 1.62. The minimum atomic E-state index is -0.600. The molecule has 3 heterocycles. The summed E-state index contributed by atoms with van der Waals surface area (Å²) in [6.45, 7) is 2.86. The zero-order valence-corrected chi connectivity index (χ0v) is 18.9. The molecule has 34 heavy (non-hydrogen) atoms. The summed E-state index contributed by atoms with van der Waals surface area (Å²) < 4.78 is 23.5. The molecule has 1 N–H and O–H groups in total. The van der Waals surface area contributed by atoms with Gasteiger partial charge in [0.15, 0.2) is 5.82 Å². The first-order valence-corrected chi connectivity index (χ1v) is 11.0. The maximum atomic E-state index is 14.8. The predicted molar refractivity (Wildman–Crippen MR) is 123 cm³/mol. The van der Waals surface area contributed by atoms with Crippen LogP contribution in [0, 0.1) is 12.7 Å². The molecule has 0 spiro atoms. The van der Waals surface area contributed by atoms with Crippen LogP contribution in [0.2, 0.25) is 0 Å². The van der Waals surface area contributed by atoms with Gasteiger partial charge in [-0.25, -0.2) is 14.4 Å². The van der Waals surface area contributed by atoms with Gasteiger partial charge in [0.25, 0.3) is 5.91 Å². The molecule has 1 aliphatic rings. The number of aryl methyl sites for hydroxylation is 1. The molecule has 3 aromatic heterocycles. The molecular weight excluding hydrogens is 437 g/mol. The van der Waals surface area contributed by atoms with Crippen LogP contribution in [0.5, 0.6) is 0 Å². The summed E-state index contributed by atoms with van der Waals surface area (Å²) >= 11 is 0. The van der Waals surface area contributed by atoms with Crippen molar-refractivity contribution < 1.29 is 13.9 Å². The molecule has 0 aliphatic heterocycles. The highest BCUT2D eigenvalue weighted by Gasteiger charge is 2.26. The van der Waals surface area contributed by atoms with Crippen molar-refractivity contribution >= 4 is 11.7 Å². The number of ether oxygens (including phenoxy) is 1. The minimum Gasteiger partial charge on any atom is -0.383 e. The first-order valence-electron chi connectivity index (χ1n) is 11.0. The highest BCUT2D eigenvalue weighted by atomic mass is 19.1. The number of methoxy groups -OCH3 is 1. The number of halogens is 1. The zero-order valence-electron chi connectivity index (χ0n) is 18.9. The summed E-state index contributed by atoms with van der Waals surface area (Å²) in [4.78, 5) is 21.9. The number of nitrogens with zero attached hydrogens (tertiary/aromatic N) is 6. The monoisotopic (exact) mass is 461 g/mol. The molecule has 1 aromatic carbocycles. The lowest BCUT2D eigenvalue weighted by Crippen LogP contribution is -2.16. The van der Waals surface area contributed by atoms with Crippen LogP contribution in [-0.4, -0.2) is 48.9 Å². The fraction of sp³-hybridized carbons (Fsp3) is 0.292. The molecule has 4 aromatic rings. The summed E-state index contributed by atoms with van der Waals surface area (Å²) in [5.41, 5.74) is 2.90. The van der Waals surface area contributed by atoms with Gasteiger partial charge in [0.1, 0.15) is 23.7 Å². The van der Waals surface area contributed by atoms with Crippen molar-refractivity contribution in [3.05, 3.63) is 71.8 Å². The third-order valence-corrected chi connectivity index (χ3v) is 5.78. The van der Waals surface area contributed by atoms with E-state index in [0.717, 1.165) is 18.5 Å². The Morgan fingerprint density at radius 2 is 2.12 bits per heavy atom. The number of amides is 1. The fourth-order valence-electron chi connectivity index (χ4n) is 3.79. The van der Waals surface area contributed by atoms with Gasteiger partial charge in [-0.05, 0) is 49.6 Å². The second-order valence-corrected chi connectivity index (χ2v) is 8.30. The maximum absolute atomic E-state index is 14.8. The van der Waals surface area contributed by atoms with Crippen molar-refractivity contribution in [1.82, 2.24) is 29.3 Å². The van der Waals surface area contributed by atoms with Crippen LogP contribution in [0.3, 0.4) is 0 Å². The van der Waals surface area contributed by atoms with Gasteiger partial charge in [-0.1, -0.05) is 6.07 Å². The van der Waals surface area contributed by atoms with Gasteiger partial charge in [-0.3, -0.25) is 4.79 Å². The molecule has 0 bridgehead atoms. The van der Waals surface area contributed by atoms with Crippen molar-refractivity contribution in [2.24, 2.45) is 0 Å². The smallest absolute Gasteiger partial charge is 0.259 e. The number of nitrogens with one attached hydrogen (secondary N) is 1. The average Bonchev–Trinajstić information content (AvgIpc) is 3.37. The number of hydrogen-bond acceptors (Lipinski definition) is 6. The third kappa shape index (κ3) is 4.44. The first-order chi connectivity index (χ1) is 16.5. The molecule has 5 rings (SSSR count). The molecule has 1 amide bonds. The van der Waals surface area contributed by atoms with E-state index in [1.54, 1.807) is 44.0 Å². The van der Waals surface area contributed by atoms with Crippen LogP contribution in [0.25, 0.3) is 17.2 Å². The molecule has 0 atom stereocenters. The van der Waals surface area contributed by atoms with Crippen molar-refractivity contribution in [2.45, 2.75) is 32.2 Å². The number of carbonyl (C=O) groups is 1. The van der Waals surface area contributed by atoms with Gasteiger partial charge in [-0.15, -0.1) is 10.2 Å². The minimum absolute atomic E-state index is 0.0715. The van der Waals surface area contributed by atoms with E-state index < -0.39 is 11.7 Å². The summed E-state index contributed by atoms with van der Waals surface area (Å²) in [5, 5.41) is 10.8. The van der Waals surface area contributed by atoms with E-state index in [9.17, 15) is 9.18 Å². The van der Waals surface area contributed by atoms with Gasteiger partial charge in [0, 0.05) is 25.8 Å². The van der Waals surface area contributed by atoms with E-state index >= 15 is 0 Å². The van der Waals surface area contributed by atoms with Crippen molar-refractivity contribution in [3.8, 4) is 17.2 Å². The number of benzene rings is 1. The van der Waals surface area contributed by atoms with E-state index in [1.807, 2.05) is 22.3 Å². The molecule has 0 unspecified atom stereocenters. The second-order valence-electron chi connectivity index (χ2n) is 8.30. The van der Waals surface area contributed by atoms with Crippen molar-refractivity contribution in [2.75, 3.05) is 19.0 Å². The van der Waals surface area contributed by atoms with Crippen LogP contribution >= 0.6 is 0 Å². The van der Waals surface area contributed by atoms with Crippen LogP contribution in [0.1, 0.15) is 40.4 Å². The van der Waals surface area contributed by atoms with Gasteiger partial charge in [0.2, 0.25) is 0 Å². The Morgan fingerprint density at radius 3 is 2.91 bits per heavy atom. The molecule has 10 heteroatoms. The van der Waals surface area contributed by atoms with E-state index in [-0.39, 0.29) is 11.4 Å². The van der Waals surface area contributed by atoms with Crippen LogP contribution in [-0.2, 0) is 11.3 Å². The lowest BCUT2D eigenvalue weighted by Gasteiger charge is -2.12. The summed E-state index contributed by atoms with van der Waals surface area (Å²) in [5.74, 6) is 0.138. The summed E-state index contributed by atoms with van der Waals surface area (Å²) in [6.07, 6.45) is 7.53. The number of aromatic nitrogens is 6. The van der Waals surface area contributed by atoms with Crippen molar-refractivity contribution in [3.63, 3.8) is 0 Å². The topological polar surface area (TPSA) is 99.8 Å². The van der Waals surface area contributed by atoms with E-state index in [4.69, 9.17) is 4.74 Å². The largest absolute Gasteiger partial charge is 0.383 e. The molecule has 0 saturated heterocycles. The van der Waals surface area contributed by atoms with Gasteiger partial charge < -0.3 is 19.2 Å². The first kappa shape index (κ1) is 21.9. The fourth-order valence-corrected chi connectivity index (χ4v) is 3.79. The third-order valence-electron chi connectivity index (χ3n) is 5.78. The van der Waals surface area contributed by atoms with Crippen LogP contribution < -0.4 is 5.32 Å². The Labute approximate surface area is 195 Å². The predicted octanol–water partition coefficient (Wildman–Crippen LogP) is 3.75. The molecular formula is C24H24FN7O2. The van der Waals surface area contributed by atoms with Crippen molar-refractivity contribution in [1.29, 1.82) is 0 Å². The lowest BCUT2D eigenvalue weighted by molar-refractivity contribution is 0.102. The molecule has 0 radical (unpaired) electrons. The highest BCUT2D eigenvalue weighted by Crippen LogP contribution is 2.39. The van der Waals surface area contributed by atoms with Crippen LogP contribution in [0.15, 0.2) is 49.2 Å². The Morgan fingerprint density at radius 1 is 1.26 bits per heavy atom. The second kappa shape index (κ2) is 9.14. The quantitative estimate of drug-likeness (QED) is 0.429. The lowest BCUT2D eigenvalue weighted by atomic mass is 10.1. The standard InChI is InChI=1S/C24H24FN7O2/c1-15-10-18(25)17(11-21(15)32-12-20(26-13-32)16-6-7-16)24(33)29-22-5-3-4-19(28-22)23-30-27-14-31(23)8-9-34-2/h3-5,10-14,16H,6-9H2,1-2H3,(H,28,29,33). The molecule has 9 nitrogen and oxygen atoms in total. The Balaban J connectivity index is 1.39. The summed E-state index contributed by atoms with van der Waals surface area (Å²) in [6, 6.07) is 8.06. The maximum Gasteiger partial charge on any atom is 0.259 e. The van der Waals surface area contributed by atoms with Gasteiger partial charge >= 0.3 is 0 Å². The van der Waals surface area contributed by atoms with E-state index in [2.05, 4.69) is 25.5 Å². The highest BCUT2D eigenvalue weighted by molar-refractivity contribution is 6.04. The molecule has 1 fully saturated rings. The number of imidazole rings is 1. The SMILES string of the molecule is COCCn1cnnc1-c1cccc(NC(=O)c2cc(-n3cnc(C4CC4)c3)c(C)cc2F)n1. The number of carbonyl (C=O) groups excluding carboxylic acids is 1. The normalized spacial score (nSPS) is 13.3. The van der Waals surface area contributed by atoms with Gasteiger partial charge in [0.05, 0.1) is 29.9 Å². The van der Waals surface area contributed by atoms with Gasteiger partial charge in [-0.2, -0.15) is 0 Å². The Hall–Kier alpha value is -3.92. The zero-order chi connectivity index (χ0) is 23.7. The molecule has 1 aliphatic carbocycles. The van der Waals surface area contributed by atoms with E-state index in [0.29, 0.717) is 41.8 Å². The number of rotatable bonds is 8. The van der Waals surface area contributed by atoms with Crippen LogP contribution in [0.4, 0.5) is 10.2 Å². The Kier molecular flexibility index (Phi) is 5.89. The number of hydrogen-bond donors (Lipinski definition) is 1. The average molecular weight is 462 g/mol. The molecule has 174 valence electrons. The number of pyridine rings is 1. The Bertz CT molecular complexity index is 1340.